The zero-order valence-corrected chi connectivity index (χ0v) is 5.50. The van der Waals surface area contributed by atoms with E-state index in [0.29, 0.717) is 0 Å². The van der Waals surface area contributed by atoms with E-state index in [-0.39, 0.29) is 46.1 Å². The summed E-state index contributed by atoms with van der Waals surface area (Å²) in [5.41, 5.74) is 0. The molecule has 0 aliphatic heterocycles. The van der Waals surface area contributed by atoms with Crippen LogP contribution < -0.4 is 0 Å². The van der Waals surface area contributed by atoms with Crippen LogP contribution in [0.5, 0.6) is 0 Å². The van der Waals surface area contributed by atoms with Crippen LogP contribution >= 0.6 is 0 Å². The third kappa shape index (κ3) is 174. The van der Waals surface area contributed by atoms with E-state index in [1.807, 2.05) is 0 Å². The molecule has 0 aromatic carbocycles. The van der Waals surface area contributed by atoms with Gasteiger partial charge in [-0.15, -0.1) is 0 Å². The predicted octanol–water partition coefficient (Wildman–Crippen LogP) is 0.319. The van der Waals surface area contributed by atoms with Crippen LogP contribution in [0.3, 0.4) is 0 Å². The second kappa shape index (κ2) is 5.15. The van der Waals surface area contributed by atoms with Crippen molar-refractivity contribution in [3.63, 3.8) is 0 Å². The van der Waals surface area contributed by atoms with Gasteiger partial charge in [-0.3, -0.25) is 0 Å². The van der Waals surface area contributed by atoms with Crippen LogP contribution in [0, 0.1) is 0 Å². The van der Waals surface area contributed by atoms with Gasteiger partial charge in [-0.25, -0.2) is 0 Å². The van der Waals surface area contributed by atoms with Crippen LogP contribution in [0.1, 0.15) is 2.85 Å². The van der Waals surface area contributed by atoms with Gasteiger partial charge in [0.15, 0.2) is 0 Å². The van der Waals surface area contributed by atoms with Crippen LogP contribution in [-0.2, 0) is 0 Å². The number of hydrogen-bond acceptors (Lipinski definition) is 0. The minimum atomic E-state index is -6.00. The first-order valence-corrected chi connectivity index (χ1v) is 0.873. The predicted molar refractivity (Wildman–Crippen MR) is 21.8 cm³/mol. The fraction of sp³-hybridized carbons (Fsp3) is 0. The van der Waals surface area contributed by atoms with E-state index in [4.69, 9.17) is 0 Å². The molecule has 7 heteroatoms. The van der Waals surface area contributed by atoms with Gasteiger partial charge < -0.3 is 25.6 Å². The van der Waals surface area contributed by atoms with Crippen molar-refractivity contribution in [3.8, 4) is 0 Å². The maximum atomic E-state index is 9.75. The first kappa shape index (κ1) is 15.7. The van der Waals surface area contributed by atoms with Crippen molar-refractivity contribution in [1.82, 2.24) is 0 Å². The Morgan fingerprint density at radius 1 is 1.00 bits per heavy atom. The maximum absolute atomic E-state index is 9.75. The van der Waals surface area contributed by atoms with Crippen molar-refractivity contribution in [1.29, 1.82) is 0 Å². The third-order valence-corrected chi connectivity index (χ3v) is 0. The monoisotopic (exact) mass is 147 g/mol. The van der Waals surface area contributed by atoms with Crippen molar-refractivity contribution >= 4 is 45.0 Å². The summed E-state index contributed by atoms with van der Waals surface area (Å²) < 4.78 is 39.0. The normalized spacial score (nSPS) is 8.57. The number of halogens is 4. The van der Waals surface area contributed by atoms with Gasteiger partial charge in [-0.05, 0) is 0 Å². The largest absolute Gasteiger partial charge is 2.00 e. The second-order valence-corrected chi connectivity index (χ2v) is 0.495. The smallest absolute Gasteiger partial charge is 1.00 e. The zero-order chi connectivity index (χ0) is 4.50. The SMILES string of the molecule is F[B-](F)(F)F.O.[Ca+2].[H-].[H-]. The van der Waals surface area contributed by atoms with E-state index in [2.05, 4.69) is 0 Å². The first-order valence-electron chi connectivity index (χ1n) is 0.873. The summed E-state index contributed by atoms with van der Waals surface area (Å²) in [4.78, 5) is 0. The molecule has 0 fully saturated rings. The van der Waals surface area contributed by atoms with Gasteiger partial charge in [0.05, 0.1) is 0 Å². The summed E-state index contributed by atoms with van der Waals surface area (Å²) in [6.45, 7) is 0. The van der Waals surface area contributed by atoms with Gasteiger partial charge in [0, 0.05) is 0 Å². The van der Waals surface area contributed by atoms with E-state index in [1.54, 1.807) is 0 Å². The molecule has 0 saturated heterocycles. The molecule has 0 aliphatic carbocycles. The summed E-state index contributed by atoms with van der Waals surface area (Å²) >= 11 is 0. The van der Waals surface area contributed by atoms with Gasteiger partial charge in [-0.1, -0.05) is 0 Å². The molecule has 44 valence electrons. The van der Waals surface area contributed by atoms with E-state index in [1.165, 1.54) is 0 Å². The van der Waals surface area contributed by atoms with Gasteiger partial charge in [0.25, 0.3) is 0 Å². The van der Waals surface area contributed by atoms with Crippen LogP contribution in [0.25, 0.3) is 0 Å². The van der Waals surface area contributed by atoms with Crippen molar-refractivity contribution in [2.24, 2.45) is 0 Å². The Morgan fingerprint density at radius 3 is 1.00 bits per heavy atom. The molecule has 2 N–H and O–H groups in total. The van der Waals surface area contributed by atoms with Crippen molar-refractivity contribution < 1.29 is 25.6 Å². The van der Waals surface area contributed by atoms with Gasteiger partial charge in [0.2, 0.25) is 0 Å². The molecule has 0 amide bonds. The molecule has 0 aromatic heterocycles. The Balaban J connectivity index is -0.0000000133. The van der Waals surface area contributed by atoms with Gasteiger partial charge >= 0.3 is 45.0 Å². The van der Waals surface area contributed by atoms with Gasteiger partial charge in [-0.2, -0.15) is 0 Å². The Morgan fingerprint density at radius 2 is 1.00 bits per heavy atom. The average Bonchev–Trinajstić information content (AvgIpc) is 0.722. The number of hydrogen-bond donors (Lipinski definition) is 0. The molecular weight excluding hydrogens is 143 g/mol. The molecule has 0 rings (SSSR count). The van der Waals surface area contributed by atoms with E-state index >= 15 is 0 Å². The second-order valence-electron chi connectivity index (χ2n) is 0.495. The molecule has 0 bridgehead atoms. The van der Waals surface area contributed by atoms with E-state index < -0.39 is 7.25 Å². The molecule has 0 heterocycles. The molecule has 0 spiro atoms. The zero-order valence-electron chi connectivity index (χ0n) is 5.30. The summed E-state index contributed by atoms with van der Waals surface area (Å²) in [6, 6.07) is 0. The minimum Gasteiger partial charge on any atom is -1.00 e. The standard InChI is InChI=1S/BF4.Ca.H2O.2H/c2-1(3,4)5;;;;/h;;1H2;;/q-1;+2;;2*-1. The van der Waals surface area contributed by atoms with E-state index in [0.717, 1.165) is 0 Å². The fourth-order valence-corrected chi connectivity index (χ4v) is 0. The molecule has 1 nitrogen and oxygen atoms in total. The summed E-state index contributed by atoms with van der Waals surface area (Å²) in [5, 5.41) is 0. The topological polar surface area (TPSA) is 31.5 Å². The molecule has 0 unspecified atom stereocenters. The van der Waals surface area contributed by atoms with Crippen LogP contribution in [-0.4, -0.2) is 50.5 Å². The molecule has 7 heavy (non-hydrogen) atoms. The average molecular weight is 147 g/mol. The van der Waals surface area contributed by atoms with Crippen molar-refractivity contribution in [2.75, 3.05) is 0 Å². The van der Waals surface area contributed by atoms with Crippen molar-refractivity contribution in [2.45, 2.75) is 0 Å². The Bertz CT molecular complexity index is 34.0. The summed E-state index contributed by atoms with van der Waals surface area (Å²) in [6.07, 6.45) is 0. The molecule has 0 aliphatic rings. The van der Waals surface area contributed by atoms with Crippen LogP contribution in [0.2, 0.25) is 0 Å². The minimum absolute atomic E-state index is 0. The van der Waals surface area contributed by atoms with Crippen molar-refractivity contribution in [3.05, 3.63) is 0 Å². The van der Waals surface area contributed by atoms with Crippen LogP contribution in [0.15, 0.2) is 0 Å². The maximum Gasteiger partial charge on any atom is 2.00 e. The molecule has 0 aromatic rings. The molecule has 0 saturated carbocycles. The molecule has 0 atom stereocenters. The molecular formula is H4BCaF4O-. The quantitative estimate of drug-likeness (QED) is 0.349. The summed E-state index contributed by atoms with van der Waals surface area (Å²) in [5.74, 6) is 0. The van der Waals surface area contributed by atoms with E-state index in [9.17, 15) is 17.3 Å². The Hall–Kier alpha value is 1.00. The Labute approximate surface area is 70.5 Å². The van der Waals surface area contributed by atoms with Crippen LogP contribution in [0.4, 0.5) is 17.3 Å². The molecule has 0 radical (unpaired) electrons. The first-order chi connectivity index (χ1) is 2.00. The summed E-state index contributed by atoms with van der Waals surface area (Å²) in [7, 11) is -6.00. The van der Waals surface area contributed by atoms with Gasteiger partial charge in [0.1, 0.15) is 0 Å². The Kier molecular flexibility index (Phi) is 11.5. The number of rotatable bonds is 0. The third-order valence-electron chi connectivity index (χ3n) is 0. The fourth-order valence-electron chi connectivity index (χ4n) is 0.